The largest absolute Gasteiger partial charge is 0.478 e. The van der Waals surface area contributed by atoms with Crippen LogP contribution < -0.4 is 10.1 Å². The maximum absolute atomic E-state index is 5.41. The van der Waals surface area contributed by atoms with E-state index in [-0.39, 0.29) is 0 Å². The van der Waals surface area contributed by atoms with Crippen LogP contribution in [0.4, 0.5) is 5.82 Å². The minimum Gasteiger partial charge on any atom is -0.478 e. The molecule has 0 aliphatic heterocycles. The Hall–Kier alpha value is -0.970. The standard InChI is InChI=1S/C13H23N3OS/c1-5-17-13-9-12(15-11(4)16-13)14-10(3)7-8-18-6-2/h9-10H,5-8H2,1-4H3,(H,14,15,16). The van der Waals surface area contributed by atoms with Gasteiger partial charge >= 0.3 is 0 Å². The summed E-state index contributed by atoms with van der Waals surface area (Å²) >= 11 is 1.96. The van der Waals surface area contributed by atoms with E-state index in [9.17, 15) is 0 Å². The number of aromatic nitrogens is 2. The molecule has 0 spiro atoms. The quantitative estimate of drug-likeness (QED) is 0.735. The van der Waals surface area contributed by atoms with Gasteiger partial charge in [0.05, 0.1) is 6.61 Å². The molecule has 1 aromatic heterocycles. The molecule has 0 radical (unpaired) electrons. The van der Waals surface area contributed by atoms with E-state index in [0.29, 0.717) is 18.5 Å². The maximum atomic E-state index is 5.41. The number of thioether (sulfide) groups is 1. The van der Waals surface area contributed by atoms with Crippen molar-refractivity contribution in [1.29, 1.82) is 0 Å². The molecule has 0 bridgehead atoms. The second kappa shape index (κ2) is 8.19. The van der Waals surface area contributed by atoms with E-state index in [2.05, 4.69) is 29.1 Å². The van der Waals surface area contributed by atoms with Crippen LogP contribution in [-0.2, 0) is 0 Å². The molecule has 1 heterocycles. The number of ether oxygens (including phenoxy) is 1. The Labute approximate surface area is 114 Å². The maximum Gasteiger partial charge on any atom is 0.218 e. The average molecular weight is 269 g/mol. The van der Waals surface area contributed by atoms with Gasteiger partial charge in [-0.3, -0.25) is 0 Å². The van der Waals surface area contributed by atoms with E-state index in [4.69, 9.17) is 4.74 Å². The van der Waals surface area contributed by atoms with Crippen molar-refractivity contribution in [3.8, 4) is 5.88 Å². The van der Waals surface area contributed by atoms with Gasteiger partial charge in [0, 0.05) is 12.1 Å². The predicted octanol–water partition coefficient (Wildman–Crippen LogP) is 3.13. The van der Waals surface area contributed by atoms with Gasteiger partial charge in [-0.2, -0.15) is 16.7 Å². The van der Waals surface area contributed by atoms with E-state index < -0.39 is 0 Å². The lowest BCUT2D eigenvalue weighted by atomic mass is 10.2. The third kappa shape index (κ3) is 5.58. The minimum atomic E-state index is 0.410. The van der Waals surface area contributed by atoms with E-state index >= 15 is 0 Å². The lowest BCUT2D eigenvalue weighted by molar-refractivity contribution is 0.325. The number of nitrogens with zero attached hydrogens (tertiary/aromatic N) is 2. The molecule has 1 atom stereocenters. The van der Waals surface area contributed by atoms with Crippen LogP contribution in [0.25, 0.3) is 0 Å². The van der Waals surface area contributed by atoms with Crippen molar-refractivity contribution in [3.63, 3.8) is 0 Å². The van der Waals surface area contributed by atoms with Gasteiger partial charge in [0.15, 0.2) is 0 Å². The summed E-state index contributed by atoms with van der Waals surface area (Å²) in [5.74, 6) is 4.57. The van der Waals surface area contributed by atoms with Crippen LogP contribution in [0.15, 0.2) is 6.07 Å². The summed E-state index contributed by atoms with van der Waals surface area (Å²) in [6.45, 7) is 8.82. The van der Waals surface area contributed by atoms with Crippen molar-refractivity contribution in [1.82, 2.24) is 9.97 Å². The first-order chi connectivity index (χ1) is 8.65. The highest BCUT2D eigenvalue weighted by atomic mass is 32.2. The Morgan fingerprint density at radius 2 is 2.17 bits per heavy atom. The average Bonchev–Trinajstić information content (AvgIpc) is 2.28. The van der Waals surface area contributed by atoms with Crippen LogP contribution in [-0.4, -0.2) is 34.1 Å². The minimum absolute atomic E-state index is 0.410. The number of hydrogen-bond donors (Lipinski definition) is 1. The summed E-state index contributed by atoms with van der Waals surface area (Å²) in [6, 6.07) is 2.27. The lowest BCUT2D eigenvalue weighted by Crippen LogP contribution is -2.17. The molecular weight excluding hydrogens is 246 g/mol. The third-order valence-electron chi connectivity index (χ3n) is 2.40. The van der Waals surface area contributed by atoms with Crippen molar-refractivity contribution in [3.05, 3.63) is 11.9 Å². The number of nitrogens with one attached hydrogen (secondary N) is 1. The number of hydrogen-bond acceptors (Lipinski definition) is 5. The number of anilines is 1. The molecule has 18 heavy (non-hydrogen) atoms. The van der Waals surface area contributed by atoms with Crippen LogP contribution in [0, 0.1) is 6.92 Å². The Kier molecular flexibility index (Phi) is 6.86. The van der Waals surface area contributed by atoms with E-state index in [1.54, 1.807) is 0 Å². The molecular formula is C13H23N3OS. The normalized spacial score (nSPS) is 12.2. The smallest absolute Gasteiger partial charge is 0.218 e. The van der Waals surface area contributed by atoms with Crippen molar-refractivity contribution in [2.75, 3.05) is 23.4 Å². The zero-order valence-electron chi connectivity index (χ0n) is 11.7. The van der Waals surface area contributed by atoms with Crippen molar-refractivity contribution >= 4 is 17.6 Å². The van der Waals surface area contributed by atoms with Gasteiger partial charge in [-0.1, -0.05) is 6.92 Å². The summed E-state index contributed by atoms with van der Waals surface area (Å²) < 4.78 is 5.41. The van der Waals surface area contributed by atoms with Gasteiger partial charge < -0.3 is 10.1 Å². The van der Waals surface area contributed by atoms with Gasteiger partial charge in [0.1, 0.15) is 11.6 Å². The summed E-state index contributed by atoms with van der Waals surface area (Å²) in [4.78, 5) is 8.60. The molecule has 0 saturated heterocycles. The third-order valence-corrected chi connectivity index (χ3v) is 3.33. The molecule has 0 aliphatic carbocycles. The first kappa shape index (κ1) is 15.1. The highest BCUT2D eigenvalue weighted by Crippen LogP contribution is 2.15. The Morgan fingerprint density at radius 1 is 1.39 bits per heavy atom. The molecule has 0 saturated carbocycles. The highest BCUT2D eigenvalue weighted by Gasteiger charge is 2.06. The topological polar surface area (TPSA) is 47.0 Å². The SMILES string of the molecule is CCOc1cc(NC(C)CCSCC)nc(C)n1. The second-order valence-electron chi connectivity index (χ2n) is 4.10. The molecule has 1 unspecified atom stereocenters. The molecule has 0 amide bonds. The van der Waals surface area contributed by atoms with E-state index in [1.807, 2.05) is 31.7 Å². The lowest BCUT2D eigenvalue weighted by Gasteiger charge is -2.15. The van der Waals surface area contributed by atoms with Gasteiger partial charge in [0.2, 0.25) is 5.88 Å². The van der Waals surface area contributed by atoms with Crippen LogP contribution in [0.5, 0.6) is 5.88 Å². The van der Waals surface area contributed by atoms with E-state index in [0.717, 1.165) is 18.1 Å². The van der Waals surface area contributed by atoms with Gasteiger partial charge in [0.25, 0.3) is 0 Å². The molecule has 0 fully saturated rings. The molecule has 0 aliphatic rings. The first-order valence-electron chi connectivity index (χ1n) is 6.48. The fourth-order valence-electron chi connectivity index (χ4n) is 1.57. The zero-order valence-corrected chi connectivity index (χ0v) is 12.5. The second-order valence-corrected chi connectivity index (χ2v) is 5.50. The summed E-state index contributed by atoms with van der Waals surface area (Å²) in [6.07, 6.45) is 1.13. The van der Waals surface area contributed by atoms with Crippen molar-refractivity contribution < 1.29 is 4.74 Å². The highest BCUT2D eigenvalue weighted by molar-refractivity contribution is 7.99. The number of aryl methyl sites for hydroxylation is 1. The predicted molar refractivity (Wildman–Crippen MR) is 78.6 cm³/mol. The van der Waals surface area contributed by atoms with Crippen molar-refractivity contribution in [2.24, 2.45) is 0 Å². The molecule has 5 heteroatoms. The van der Waals surface area contributed by atoms with Gasteiger partial charge in [-0.15, -0.1) is 0 Å². The van der Waals surface area contributed by atoms with Crippen LogP contribution in [0.2, 0.25) is 0 Å². The van der Waals surface area contributed by atoms with Crippen molar-refractivity contribution in [2.45, 2.75) is 40.2 Å². The fraction of sp³-hybridized carbons (Fsp3) is 0.692. The number of rotatable bonds is 8. The molecule has 0 aromatic carbocycles. The van der Waals surface area contributed by atoms with Crippen LogP contribution in [0.1, 0.15) is 33.0 Å². The fourth-order valence-corrected chi connectivity index (χ4v) is 2.37. The van der Waals surface area contributed by atoms with Crippen LogP contribution in [0.3, 0.4) is 0 Å². The molecule has 1 aromatic rings. The molecule has 1 rings (SSSR count). The molecule has 102 valence electrons. The van der Waals surface area contributed by atoms with E-state index in [1.165, 1.54) is 11.5 Å². The van der Waals surface area contributed by atoms with Gasteiger partial charge in [-0.25, -0.2) is 4.98 Å². The summed E-state index contributed by atoms with van der Waals surface area (Å²) in [5.41, 5.74) is 0. The molecule has 1 N–H and O–H groups in total. The summed E-state index contributed by atoms with van der Waals surface area (Å²) in [7, 11) is 0. The first-order valence-corrected chi connectivity index (χ1v) is 7.64. The Morgan fingerprint density at radius 3 is 2.83 bits per heavy atom. The summed E-state index contributed by atoms with van der Waals surface area (Å²) in [5, 5.41) is 3.40. The van der Waals surface area contributed by atoms with Gasteiger partial charge in [-0.05, 0) is 38.7 Å². The van der Waals surface area contributed by atoms with Crippen LogP contribution >= 0.6 is 11.8 Å². The zero-order chi connectivity index (χ0) is 13.4. The Balaban J connectivity index is 2.54. The monoisotopic (exact) mass is 269 g/mol. The molecule has 4 nitrogen and oxygen atoms in total. The Bertz CT molecular complexity index is 360.